The third-order valence-electron chi connectivity index (χ3n) is 4.10. The smallest absolute Gasteiger partial charge is 0.315 e. The van der Waals surface area contributed by atoms with E-state index in [1.54, 1.807) is 6.92 Å². The van der Waals surface area contributed by atoms with Gasteiger partial charge in [0.1, 0.15) is 29.0 Å². The molecular formula is C17H11BrCl2F3N2O+. The largest absolute Gasteiger partial charge is 0.386 e. The van der Waals surface area contributed by atoms with Gasteiger partial charge in [-0.15, -0.1) is 0 Å². The van der Waals surface area contributed by atoms with E-state index in [0.717, 1.165) is 18.2 Å². The summed E-state index contributed by atoms with van der Waals surface area (Å²) < 4.78 is 41.4. The van der Waals surface area contributed by atoms with Crippen LogP contribution in [0.3, 0.4) is 0 Å². The summed E-state index contributed by atoms with van der Waals surface area (Å²) in [6, 6.07) is 5.23. The molecule has 0 aromatic heterocycles. The number of quaternary nitrogens is 1. The average Bonchev–Trinajstić information content (AvgIpc) is 2.77. The molecule has 1 aliphatic rings. The number of aliphatic imine (C=N–C) groups is 1. The topological polar surface area (TPSA) is 32.6 Å². The number of benzene rings is 2. The number of aliphatic hydroxyl groups excluding tert-OH is 1. The molecule has 2 aromatic rings. The molecule has 1 N–H and O–H groups in total. The second kappa shape index (κ2) is 6.98. The third kappa shape index (κ3) is 2.78. The predicted octanol–water partition coefficient (Wildman–Crippen LogP) is 5.99. The van der Waals surface area contributed by atoms with Gasteiger partial charge in [0, 0.05) is 23.7 Å². The van der Waals surface area contributed by atoms with Crippen LogP contribution in [0.25, 0.3) is 0 Å². The number of hydrogen-bond donors (Lipinski definition) is 1. The van der Waals surface area contributed by atoms with Crippen LogP contribution in [-0.4, -0.2) is 17.0 Å². The minimum atomic E-state index is -0.939. The molecular weight excluding hydrogens is 456 g/mol. The van der Waals surface area contributed by atoms with Crippen LogP contribution < -0.4 is 4.48 Å². The van der Waals surface area contributed by atoms with Crippen LogP contribution in [0.15, 0.2) is 51.2 Å². The summed E-state index contributed by atoms with van der Waals surface area (Å²) in [5, 5.41) is 9.75. The fourth-order valence-electron chi connectivity index (χ4n) is 3.05. The Bertz CT molecular complexity index is 957. The summed E-state index contributed by atoms with van der Waals surface area (Å²) in [5.41, 5.74) is 0.576. The summed E-state index contributed by atoms with van der Waals surface area (Å²) >= 11 is 15.8. The second-order valence-electron chi connectivity index (χ2n) is 5.56. The van der Waals surface area contributed by atoms with Crippen LogP contribution in [0.1, 0.15) is 6.92 Å². The van der Waals surface area contributed by atoms with Crippen molar-refractivity contribution in [2.45, 2.75) is 6.92 Å². The fraction of sp³-hybridized carbons (Fsp3) is 0.118. The SMILES string of the molecule is CC1=C(CO)[N+](c2ccc(F)cc2Cl)(c2c(F)cc(F)cc2Br)C(Cl)=N1. The van der Waals surface area contributed by atoms with Crippen LogP contribution in [-0.2, 0) is 0 Å². The lowest BCUT2D eigenvalue weighted by Gasteiger charge is -2.34. The third-order valence-corrected chi connectivity index (χ3v) is 5.34. The van der Waals surface area contributed by atoms with Crippen LogP contribution >= 0.6 is 39.1 Å². The van der Waals surface area contributed by atoms with Gasteiger partial charge in [-0.2, -0.15) is 9.48 Å². The Morgan fingerprint density at radius 3 is 2.38 bits per heavy atom. The van der Waals surface area contributed by atoms with E-state index in [4.69, 9.17) is 23.2 Å². The summed E-state index contributed by atoms with van der Waals surface area (Å²) in [5.74, 6) is -2.35. The Hall–Kier alpha value is -1.38. The Morgan fingerprint density at radius 1 is 1.12 bits per heavy atom. The zero-order valence-corrected chi connectivity index (χ0v) is 16.3. The quantitative estimate of drug-likeness (QED) is 0.437. The van der Waals surface area contributed by atoms with Crippen molar-refractivity contribution >= 4 is 55.8 Å². The molecule has 3 rings (SSSR count). The molecule has 0 saturated heterocycles. The first-order valence-corrected chi connectivity index (χ1v) is 8.84. The number of amidine groups is 1. The van der Waals surface area contributed by atoms with Crippen molar-refractivity contribution in [1.29, 1.82) is 0 Å². The fourth-order valence-corrected chi connectivity index (χ4v) is 4.43. The summed E-state index contributed by atoms with van der Waals surface area (Å²) in [6.07, 6.45) is 0. The van der Waals surface area contributed by atoms with Gasteiger partial charge in [0.25, 0.3) is 0 Å². The minimum Gasteiger partial charge on any atom is -0.386 e. The van der Waals surface area contributed by atoms with Crippen molar-refractivity contribution in [2.75, 3.05) is 6.61 Å². The van der Waals surface area contributed by atoms with Crippen molar-refractivity contribution in [3.8, 4) is 0 Å². The van der Waals surface area contributed by atoms with Gasteiger partial charge in [0.05, 0.1) is 4.47 Å². The predicted molar refractivity (Wildman–Crippen MR) is 100.0 cm³/mol. The molecule has 0 bridgehead atoms. The van der Waals surface area contributed by atoms with E-state index in [1.807, 2.05) is 0 Å². The first-order valence-electron chi connectivity index (χ1n) is 7.29. The van der Waals surface area contributed by atoms with Gasteiger partial charge < -0.3 is 5.11 Å². The Balaban J connectivity index is 2.50. The molecule has 0 spiro atoms. The zero-order valence-electron chi connectivity index (χ0n) is 13.2. The maximum absolute atomic E-state index is 14.9. The molecule has 2 aromatic carbocycles. The highest BCUT2D eigenvalue weighted by Gasteiger charge is 2.52. The van der Waals surface area contributed by atoms with Gasteiger partial charge in [-0.05, 0) is 41.1 Å². The second-order valence-corrected chi connectivity index (χ2v) is 7.16. The highest BCUT2D eigenvalue weighted by molar-refractivity contribution is 9.10. The molecule has 0 amide bonds. The molecule has 136 valence electrons. The lowest BCUT2D eigenvalue weighted by atomic mass is 10.1. The summed E-state index contributed by atoms with van der Waals surface area (Å²) in [4.78, 5) is 4.16. The lowest BCUT2D eigenvalue weighted by molar-refractivity contribution is 0.309. The number of halogens is 6. The maximum Gasteiger partial charge on any atom is 0.315 e. The van der Waals surface area contributed by atoms with Gasteiger partial charge in [0.15, 0.2) is 17.2 Å². The Kier molecular flexibility index (Phi) is 5.20. The van der Waals surface area contributed by atoms with Crippen molar-refractivity contribution < 1.29 is 18.3 Å². The normalized spacial score (nSPS) is 19.9. The van der Waals surface area contributed by atoms with Crippen molar-refractivity contribution in [3.05, 3.63) is 68.7 Å². The molecule has 0 radical (unpaired) electrons. The standard InChI is InChI=1S/C17H11BrCl2F3N2O/c1-8-15(7-26)25(17(20)24-8,14-3-2-9(21)5-12(14)19)16-11(18)4-10(22)6-13(16)23/h2-6,26H,7H2,1H3/q+1. The zero-order chi connectivity index (χ0) is 19.2. The van der Waals surface area contributed by atoms with Crippen LogP contribution in [0.2, 0.25) is 5.02 Å². The monoisotopic (exact) mass is 465 g/mol. The van der Waals surface area contributed by atoms with Crippen LogP contribution in [0.5, 0.6) is 0 Å². The molecule has 0 fully saturated rings. The molecule has 3 nitrogen and oxygen atoms in total. The van der Waals surface area contributed by atoms with Gasteiger partial charge in [-0.1, -0.05) is 11.6 Å². The van der Waals surface area contributed by atoms with E-state index >= 15 is 0 Å². The number of hydrogen-bond acceptors (Lipinski definition) is 2. The molecule has 1 atom stereocenters. The van der Waals surface area contributed by atoms with Gasteiger partial charge in [-0.25, -0.2) is 13.2 Å². The van der Waals surface area contributed by atoms with Crippen LogP contribution in [0.4, 0.5) is 24.5 Å². The van der Waals surface area contributed by atoms with Gasteiger partial charge in [0.2, 0.25) is 5.69 Å². The molecule has 0 saturated carbocycles. The molecule has 1 aliphatic heterocycles. The summed E-state index contributed by atoms with van der Waals surface area (Å²) in [7, 11) is 0. The van der Waals surface area contributed by atoms with Crippen molar-refractivity contribution in [1.82, 2.24) is 4.48 Å². The Morgan fingerprint density at radius 2 is 1.81 bits per heavy atom. The van der Waals surface area contributed by atoms with Gasteiger partial charge >= 0.3 is 5.29 Å². The highest BCUT2D eigenvalue weighted by Crippen LogP contribution is 2.52. The first-order chi connectivity index (χ1) is 12.2. The highest BCUT2D eigenvalue weighted by atomic mass is 79.9. The van der Waals surface area contributed by atoms with E-state index in [9.17, 15) is 18.3 Å². The van der Waals surface area contributed by atoms with E-state index < -0.39 is 28.5 Å². The van der Waals surface area contributed by atoms with E-state index in [0.29, 0.717) is 11.8 Å². The maximum atomic E-state index is 14.9. The lowest BCUT2D eigenvalue weighted by Crippen LogP contribution is -2.46. The van der Waals surface area contributed by atoms with Gasteiger partial charge in [-0.3, -0.25) is 0 Å². The minimum absolute atomic E-state index is 0.0457. The molecule has 1 heterocycles. The van der Waals surface area contributed by atoms with E-state index in [2.05, 4.69) is 20.9 Å². The van der Waals surface area contributed by atoms with Crippen molar-refractivity contribution in [2.24, 2.45) is 4.99 Å². The summed E-state index contributed by atoms with van der Waals surface area (Å²) in [6.45, 7) is 1.04. The molecule has 0 aliphatic carbocycles. The Labute approximate surface area is 165 Å². The number of allylic oxidation sites excluding steroid dienone is 1. The number of nitrogens with zero attached hydrogens (tertiary/aromatic N) is 2. The first kappa shape index (κ1) is 19.4. The number of rotatable bonds is 3. The average molecular weight is 467 g/mol. The molecule has 9 heteroatoms. The van der Waals surface area contributed by atoms with Crippen molar-refractivity contribution in [3.63, 3.8) is 0 Å². The molecule has 1 unspecified atom stereocenters. The van der Waals surface area contributed by atoms with E-state index in [1.165, 1.54) is 6.07 Å². The van der Waals surface area contributed by atoms with E-state index in [-0.39, 0.29) is 31.9 Å². The van der Waals surface area contributed by atoms with Crippen LogP contribution in [0, 0.1) is 17.5 Å². The number of aliphatic hydroxyl groups is 1. The molecule has 26 heavy (non-hydrogen) atoms.